The van der Waals surface area contributed by atoms with Gasteiger partial charge in [0.2, 0.25) is 0 Å². The normalized spacial score (nSPS) is 10.2. The van der Waals surface area contributed by atoms with Crippen molar-refractivity contribution in [2.75, 3.05) is 12.3 Å². The lowest BCUT2D eigenvalue weighted by molar-refractivity contribution is 0.0377. The number of esters is 1. The highest BCUT2D eigenvalue weighted by molar-refractivity contribution is 5.90. The molecule has 4 nitrogen and oxygen atoms in total. The van der Waals surface area contributed by atoms with Crippen molar-refractivity contribution in [2.24, 2.45) is 0 Å². The first-order valence-corrected chi connectivity index (χ1v) is 5.78. The van der Waals surface area contributed by atoms with E-state index in [1.165, 1.54) is 0 Å². The van der Waals surface area contributed by atoms with Gasteiger partial charge in [-0.15, -0.1) is 0 Å². The van der Waals surface area contributed by atoms with Gasteiger partial charge in [0.05, 0.1) is 17.4 Å². The van der Waals surface area contributed by atoms with E-state index in [4.69, 9.17) is 15.2 Å². The molecular formula is C14H19NO3. The minimum atomic E-state index is -0.384. The highest BCUT2D eigenvalue weighted by Crippen LogP contribution is 2.23. The molecule has 1 rings (SSSR count). The van der Waals surface area contributed by atoms with E-state index in [1.807, 2.05) is 6.92 Å². The number of ether oxygens (including phenoxy) is 2. The van der Waals surface area contributed by atoms with Crippen molar-refractivity contribution in [1.82, 2.24) is 0 Å². The first kappa shape index (κ1) is 14.1. The summed E-state index contributed by atoms with van der Waals surface area (Å²) in [5, 5.41) is 0. The van der Waals surface area contributed by atoms with Crippen LogP contribution in [0.2, 0.25) is 0 Å². The molecule has 0 fully saturated rings. The minimum absolute atomic E-state index is 0.158. The van der Waals surface area contributed by atoms with Gasteiger partial charge in [-0.3, -0.25) is 0 Å². The Balaban J connectivity index is 2.86. The maximum Gasteiger partial charge on any atom is 0.338 e. The molecule has 18 heavy (non-hydrogen) atoms. The smallest absolute Gasteiger partial charge is 0.338 e. The largest absolute Gasteiger partial charge is 0.487 e. The topological polar surface area (TPSA) is 61.5 Å². The molecule has 0 heterocycles. The van der Waals surface area contributed by atoms with Crippen LogP contribution < -0.4 is 10.5 Å². The predicted molar refractivity (Wildman–Crippen MR) is 71.7 cm³/mol. The zero-order valence-corrected chi connectivity index (χ0v) is 11.0. The Hall–Kier alpha value is -1.97. The lowest BCUT2D eigenvalue weighted by Gasteiger charge is -2.11. The lowest BCUT2D eigenvalue weighted by atomic mass is 10.2. The number of rotatable bonds is 5. The van der Waals surface area contributed by atoms with E-state index in [9.17, 15) is 4.79 Å². The van der Waals surface area contributed by atoms with Crippen LogP contribution in [0, 0.1) is 0 Å². The van der Waals surface area contributed by atoms with Gasteiger partial charge in [-0.1, -0.05) is 6.58 Å². The van der Waals surface area contributed by atoms with Gasteiger partial charge in [-0.05, 0) is 44.5 Å². The van der Waals surface area contributed by atoms with Crippen LogP contribution in [0.5, 0.6) is 5.75 Å². The second-order valence-corrected chi connectivity index (χ2v) is 4.45. The maximum absolute atomic E-state index is 11.7. The maximum atomic E-state index is 11.7. The Morgan fingerprint density at radius 3 is 2.67 bits per heavy atom. The molecule has 0 unspecified atom stereocenters. The van der Waals surface area contributed by atoms with Crippen LogP contribution in [0.3, 0.4) is 0 Å². The molecule has 0 radical (unpaired) electrons. The summed E-state index contributed by atoms with van der Waals surface area (Å²) in [7, 11) is 0. The summed E-state index contributed by atoms with van der Waals surface area (Å²) in [5.41, 5.74) is 7.56. The summed E-state index contributed by atoms with van der Waals surface area (Å²) >= 11 is 0. The number of benzene rings is 1. The minimum Gasteiger partial charge on any atom is -0.487 e. The zero-order valence-electron chi connectivity index (χ0n) is 11.0. The molecule has 0 saturated heterocycles. The van der Waals surface area contributed by atoms with Crippen LogP contribution in [0.15, 0.2) is 30.4 Å². The van der Waals surface area contributed by atoms with Crippen LogP contribution in [0.1, 0.15) is 31.1 Å². The van der Waals surface area contributed by atoms with Crippen LogP contribution in [-0.4, -0.2) is 18.7 Å². The molecule has 1 aromatic carbocycles. The summed E-state index contributed by atoms with van der Waals surface area (Å²) in [6.45, 7) is 9.56. The Bertz CT molecular complexity index is 452. The van der Waals surface area contributed by atoms with E-state index >= 15 is 0 Å². The Labute approximate surface area is 107 Å². The molecule has 0 aliphatic carbocycles. The Morgan fingerprint density at radius 2 is 2.11 bits per heavy atom. The summed E-state index contributed by atoms with van der Waals surface area (Å²) in [4.78, 5) is 11.7. The van der Waals surface area contributed by atoms with E-state index in [0.29, 0.717) is 23.6 Å². The molecular weight excluding hydrogens is 230 g/mol. The van der Waals surface area contributed by atoms with Gasteiger partial charge in [0.1, 0.15) is 12.4 Å². The van der Waals surface area contributed by atoms with Gasteiger partial charge >= 0.3 is 5.97 Å². The zero-order chi connectivity index (χ0) is 13.7. The molecule has 0 saturated carbocycles. The molecule has 0 amide bonds. The molecule has 0 atom stereocenters. The fourth-order valence-electron chi connectivity index (χ4n) is 1.27. The van der Waals surface area contributed by atoms with Crippen molar-refractivity contribution in [2.45, 2.75) is 26.9 Å². The van der Waals surface area contributed by atoms with E-state index in [0.717, 1.165) is 5.57 Å². The van der Waals surface area contributed by atoms with Gasteiger partial charge in [-0.2, -0.15) is 0 Å². The average molecular weight is 249 g/mol. The summed E-state index contributed by atoms with van der Waals surface area (Å²) in [6.07, 6.45) is -0.158. The predicted octanol–water partition coefficient (Wildman–Crippen LogP) is 2.79. The van der Waals surface area contributed by atoms with Crippen LogP contribution >= 0.6 is 0 Å². The number of carbonyl (C=O) groups excluding carboxylic acids is 1. The number of carbonyl (C=O) groups is 1. The van der Waals surface area contributed by atoms with Crippen molar-refractivity contribution in [3.05, 3.63) is 35.9 Å². The van der Waals surface area contributed by atoms with Gasteiger partial charge in [0.25, 0.3) is 0 Å². The number of nitrogens with two attached hydrogens (primary N) is 1. The fraction of sp³-hybridized carbons (Fsp3) is 0.357. The van der Waals surface area contributed by atoms with Crippen molar-refractivity contribution in [3.63, 3.8) is 0 Å². The Morgan fingerprint density at radius 1 is 1.44 bits per heavy atom. The number of anilines is 1. The lowest BCUT2D eigenvalue weighted by Crippen LogP contribution is -2.12. The van der Waals surface area contributed by atoms with Crippen LogP contribution in [0.25, 0.3) is 0 Å². The first-order valence-electron chi connectivity index (χ1n) is 5.78. The number of nitrogen functional groups attached to an aromatic ring is 1. The number of hydrogen-bond donors (Lipinski definition) is 1. The average Bonchev–Trinajstić information content (AvgIpc) is 2.26. The van der Waals surface area contributed by atoms with Crippen LogP contribution in [-0.2, 0) is 4.74 Å². The molecule has 0 spiro atoms. The molecule has 1 aromatic rings. The van der Waals surface area contributed by atoms with Gasteiger partial charge in [-0.25, -0.2) is 4.79 Å². The third-order valence-electron chi connectivity index (χ3n) is 2.07. The Kier molecular flexibility index (Phi) is 4.77. The molecule has 0 aliphatic rings. The van der Waals surface area contributed by atoms with Crippen molar-refractivity contribution in [3.8, 4) is 5.75 Å². The van der Waals surface area contributed by atoms with Crippen molar-refractivity contribution < 1.29 is 14.3 Å². The van der Waals surface area contributed by atoms with E-state index < -0.39 is 0 Å². The summed E-state index contributed by atoms with van der Waals surface area (Å²) in [5.74, 6) is 0.0846. The number of hydrogen-bond acceptors (Lipinski definition) is 4. The second kappa shape index (κ2) is 6.10. The van der Waals surface area contributed by atoms with Crippen molar-refractivity contribution in [1.29, 1.82) is 0 Å². The SMILES string of the molecule is C=C(C)COc1cc(C(=O)OC(C)C)ccc1N. The molecule has 0 bridgehead atoms. The summed E-state index contributed by atoms with van der Waals surface area (Å²) in [6, 6.07) is 4.83. The van der Waals surface area contributed by atoms with Crippen molar-refractivity contribution >= 4 is 11.7 Å². The van der Waals surface area contributed by atoms with Crippen LogP contribution in [0.4, 0.5) is 5.69 Å². The van der Waals surface area contributed by atoms with E-state index in [-0.39, 0.29) is 12.1 Å². The first-order chi connectivity index (χ1) is 8.40. The van der Waals surface area contributed by atoms with Gasteiger partial charge in [0.15, 0.2) is 0 Å². The third kappa shape index (κ3) is 4.13. The molecule has 98 valence electrons. The molecule has 2 N–H and O–H groups in total. The molecule has 4 heteroatoms. The molecule has 0 aliphatic heterocycles. The van der Waals surface area contributed by atoms with Gasteiger partial charge < -0.3 is 15.2 Å². The standard InChI is InChI=1S/C14H19NO3/c1-9(2)8-17-13-7-11(5-6-12(13)15)14(16)18-10(3)4/h5-7,10H,1,8,15H2,2-4H3. The monoisotopic (exact) mass is 249 g/mol. The second-order valence-electron chi connectivity index (χ2n) is 4.45. The quantitative estimate of drug-likeness (QED) is 0.495. The molecule has 0 aromatic heterocycles. The van der Waals surface area contributed by atoms with E-state index in [1.54, 1.807) is 32.0 Å². The highest BCUT2D eigenvalue weighted by atomic mass is 16.5. The third-order valence-corrected chi connectivity index (χ3v) is 2.07. The van der Waals surface area contributed by atoms with Gasteiger partial charge in [0, 0.05) is 0 Å². The van der Waals surface area contributed by atoms with E-state index in [2.05, 4.69) is 6.58 Å². The fourth-order valence-corrected chi connectivity index (χ4v) is 1.27. The summed E-state index contributed by atoms with van der Waals surface area (Å²) < 4.78 is 10.6. The highest BCUT2D eigenvalue weighted by Gasteiger charge is 2.12.